The summed E-state index contributed by atoms with van der Waals surface area (Å²) in [4.78, 5) is 6.84. The van der Waals surface area contributed by atoms with Gasteiger partial charge in [0.15, 0.2) is 5.96 Å². The highest BCUT2D eigenvalue weighted by Gasteiger charge is 2.43. The predicted molar refractivity (Wildman–Crippen MR) is 115 cm³/mol. The highest BCUT2D eigenvalue weighted by Crippen LogP contribution is 2.47. The monoisotopic (exact) mass is 378 g/mol. The maximum absolute atomic E-state index is 5.50. The average molecular weight is 379 g/mol. The Hall–Kier alpha value is -2.53. The van der Waals surface area contributed by atoms with Crippen molar-refractivity contribution in [1.29, 1.82) is 0 Å². The van der Waals surface area contributed by atoms with Gasteiger partial charge in [-0.25, -0.2) is 0 Å². The number of nitrogens with one attached hydrogen (secondary N) is 2. The first-order valence-electron chi connectivity index (χ1n) is 10.2. The van der Waals surface area contributed by atoms with Crippen LogP contribution in [0.15, 0.2) is 59.6 Å². The summed E-state index contributed by atoms with van der Waals surface area (Å²) in [5.74, 6) is 0.860. The fraction of sp³-hybridized carbons (Fsp3) is 0.435. The second-order valence-corrected chi connectivity index (χ2v) is 7.65. The number of aliphatic imine (C=N–C) groups is 1. The molecule has 1 heterocycles. The van der Waals surface area contributed by atoms with Gasteiger partial charge in [-0.1, -0.05) is 48.5 Å². The van der Waals surface area contributed by atoms with E-state index in [0.29, 0.717) is 0 Å². The minimum Gasteiger partial charge on any atom is -0.378 e. The van der Waals surface area contributed by atoms with Gasteiger partial charge in [-0.15, -0.1) is 0 Å². The van der Waals surface area contributed by atoms with Gasteiger partial charge in [0.25, 0.3) is 0 Å². The van der Waals surface area contributed by atoms with E-state index in [1.165, 1.54) is 29.7 Å². The van der Waals surface area contributed by atoms with E-state index in [-0.39, 0.29) is 5.41 Å². The van der Waals surface area contributed by atoms with Gasteiger partial charge in [0.1, 0.15) is 0 Å². The highest BCUT2D eigenvalue weighted by molar-refractivity contribution is 5.80. The van der Waals surface area contributed by atoms with Crippen LogP contribution in [0, 0.1) is 0 Å². The lowest BCUT2D eigenvalue weighted by molar-refractivity contribution is 0.122. The second-order valence-electron chi connectivity index (χ2n) is 7.65. The van der Waals surface area contributed by atoms with Gasteiger partial charge in [-0.05, 0) is 30.0 Å². The molecule has 0 bridgehead atoms. The van der Waals surface area contributed by atoms with E-state index >= 15 is 0 Å². The van der Waals surface area contributed by atoms with E-state index in [2.05, 4.69) is 75.1 Å². The first-order valence-corrected chi connectivity index (χ1v) is 10.2. The number of ether oxygens (including phenoxy) is 1. The molecule has 0 amide bonds. The topological polar surface area (TPSA) is 48.9 Å². The zero-order chi connectivity index (χ0) is 19.2. The molecular weight excluding hydrogens is 348 g/mol. The van der Waals surface area contributed by atoms with Gasteiger partial charge < -0.3 is 20.3 Å². The Kier molecular flexibility index (Phi) is 5.81. The Balaban J connectivity index is 1.35. The molecule has 2 aromatic carbocycles. The Morgan fingerprint density at radius 1 is 1.00 bits per heavy atom. The lowest BCUT2D eigenvalue weighted by atomic mass is 9.96. The van der Waals surface area contributed by atoms with Crippen molar-refractivity contribution in [2.24, 2.45) is 4.99 Å². The van der Waals surface area contributed by atoms with E-state index in [4.69, 9.17) is 4.74 Å². The van der Waals surface area contributed by atoms with Crippen molar-refractivity contribution in [3.8, 4) is 0 Å². The Labute approximate surface area is 167 Å². The van der Waals surface area contributed by atoms with Crippen LogP contribution in [0.25, 0.3) is 0 Å². The molecule has 5 nitrogen and oxygen atoms in total. The molecule has 0 atom stereocenters. The van der Waals surface area contributed by atoms with Crippen molar-refractivity contribution in [1.82, 2.24) is 10.6 Å². The fourth-order valence-electron chi connectivity index (χ4n) is 3.94. The van der Waals surface area contributed by atoms with Crippen molar-refractivity contribution in [3.05, 3.63) is 65.7 Å². The summed E-state index contributed by atoms with van der Waals surface area (Å²) in [5.41, 5.74) is 4.27. The van der Waals surface area contributed by atoms with E-state index in [1.807, 2.05) is 7.05 Å². The maximum Gasteiger partial charge on any atom is 0.191 e. The predicted octanol–water partition coefficient (Wildman–Crippen LogP) is 2.92. The first-order chi connectivity index (χ1) is 13.8. The molecule has 1 saturated heterocycles. The molecule has 1 saturated carbocycles. The van der Waals surface area contributed by atoms with Gasteiger partial charge in [0, 0.05) is 44.3 Å². The number of benzene rings is 2. The molecule has 28 heavy (non-hydrogen) atoms. The van der Waals surface area contributed by atoms with Crippen LogP contribution in [0.1, 0.15) is 24.0 Å². The van der Waals surface area contributed by atoms with Crippen molar-refractivity contribution in [2.75, 3.05) is 44.8 Å². The number of guanidine groups is 1. The van der Waals surface area contributed by atoms with Crippen molar-refractivity contribution < 1.29 is 4.74 Å². The van der Waals surface area contributed by atoms with Crippen molar-refractivity contribution >= 4 is 11.6 Å². The molecule has 2 aliphatic rings. The molecule has 2 N–H and O–H groups in total. The lowest BCUT2D eigenvalue weighted by Crippen LogP contribution is -2.41. The zero-order valence-electron chi connectivity index (χ0n) is 16.7. The summed E-state index contributed by atoms with van der Waals surface area (Å²) in [6.45, 7) is 5.17. The normalized spacial score (nSPS) is 18.6. The fourth-order valence-corrected chi connectivity index (χ4v) is 3.94. The molecule has 0 unspecified atom stereocenters. The summed E-state index contributed by atoms with van der Waals surface area (Å²) >= 11 is 0. The third-order valence-corrected chi connectivity index (χ3v) is 5.85. The quantitative estimate of drug-likeness (QED) is 0.599. The van der Waals surface area contributed by atoms with Crippen LogP contribution >= 0.6 is 0 Å². The Bertz CT molecular complexity index is 795. The molecule has 148 valence electrons. The zero-order valence-corrected chi connectivity index (χ0v) is 16.7. The van der Waals surface area contributed by atoms with Crippen LogP contribution in [0.2, 0.25) is 0 Å². The van der Waals surface area contributed by atoms with Crippen molar-refractivity contribution in [3.63, 3.8) is 0 Å². The van der Waals surface area contributed by atoms with Crippen LogP contribution in [-0.4, -0.2) is 45.9 Å². The number of rotatable bonds is 6. The van der Waals surface area contributed by atoms with Crippen LogP contribution < -0.4 is 15.5 Å². The second kappa shape index (κ2) is 8.65. The third kappa shape index (κ3) is 4.30. The minimum absolute atomic E-state index is 0.268. The lowest BCUT2D eigenvalue weighted by Gasteiger charge is -2.30. The van der Waals surface area contributed by atoms with Crippen LogP contribution in [0.4, 0.5) is 5.69 Å². The minimum atomic E-state index is 0.268. The number of para-hydroxylation sites is 1. The van der Waals surface area contributed by atoms with Gasteiger partial charge in [-0.2, -0.15) is 0 Å². The van der Waals surface area contributed by atoms with E-state index < -0.39 is 0 Å². The van der Waals surface area contributed by atoms with Gasteiger partial charge in [0.05, 0.1) is 13.2 Å². The number of hydrogen-bond acceptors (Lipinski definition) is 3. The molecule has 1 aliphatic carbocycles. The molecule has 5 heteroatoms. The molecule has 2 fully saturated rings. The molecule has 4 rings (SSSR count). The highest BCUT2D eigenvalue weighted by atomic mass is 16.5. The smallest absolute Gasteiger partial charge is 0.191 e. The number of hydrogen-bond donors (Lipinski definition) is 2. The third-order valence-electron chi connectivity index (χ3n) is 5.85. The summed E-state index contributed by atoms with van der Waals surface area (Å²) in [6.07, 6.45) is 2.47. The largest absolute Gasteiger partial charge is 0.378 e. The van der Waals surface area contributed by atoms with Gasteiger partial charge in [-0.3, -0.25) is 4.99 Å². The molecule has 0 aromatic heterocycles. The van der Waals surface area contributed by atoms with Crippen molar-refractivity contribution in [2.45, 2.75) is 24.8 Å². The van der Waals surface area contributed by atoms with E-state index in [1.54, 1.807) is 0 Å². The SMILES string of the molecule is CN=C(NCc1ccccc1N1CCOCC1)NCC1(c2ccccc2)CC1. The van der Waals surface area contributed by atoms with Crippen LogP contribution in [-0.2, 0) is 16.7 Å². The Morgan fingerprint density at radius 3 is 2.43 bits per heavy atom. The van der Waals surface area contributed by atoms with Crippen LogP contribution in [0.5, 0.6) is 0 Å². The van der Waals surface area contributed by atoms with E-state index in [9.17, 15) is 0 Å². The molecular formula is C23H30N4O. The number of nitrogens with zero attached hydrogens (tertiary/aromatic N) is 2. The summed E-state index contributed by atoms with van der Waals surface area (Å²) in [6, 6.07) is 19.4. The van der Waals surface area contributed by atoms with E-state index in [0.717, 1.165) is 45.4 Å². The summed E-state index contributed by atoms with van der Waals surface area (Å²) in [7, 11) is 1.84. The number of anilines is 1. The molecule has 0 spiro atoms. The van der Waals surface area contributed by atoms with Crippen LogP contribution in [0.3, 0.4) is 0 Å². The average Bonchev–Trinajstić information content (AvgIpc) is 3.57. The molecule has 2 aromatic rings. The molecule has 1 aliphatic heterocycles. The van der Waals surface area contributed by atoms with Gasteiger partial charge in [0.2, 0.25) is 0 Å². The number of morpholine rings is 1. The summed E-state index contributed by atoms with van der Waals surface area (Å²) < 4.78 is 5.50. The maximum atomic E-state index is 5.50. The first kappa shape index (κ1) is 18.8. The standard InChI is InChI=1S/C23H30N4O/c1-24-22(26-18-23(11-12-23)20-8-3-2-4-9-20)25-17-19-7-5-6-10-21(19)27-13-15-28-16-14-27/h2-10H,11-18H2,1H3,(H2,24,25,26). The van der Waals surface area contributed by atoms with Gasteiger partial charge >= 0.3 is 0 Å². The summed E-state index contributed by atoms with van der Waals surface area (Å²) in [5, 5.41) is 7.04. The Morgan fingerprint density at radius 2 is 1.71 bits per heavy atom. The molecule has 0 radical (unpaired) electrons.